The van der Waals surface area contributed by atoms with Gasteiger partial charge in [0.25, 0.3) is 0 Å². The summed E-state index contributed by atoms with van der Waals surface area (Å²) in [4.78, 5) is 1.83. The molecule has 0 radical (unpaired) electrons. The van der Waals surface area contributed by atoms with Crippen molar-refractivity contribution < 1.29 is 0 Å². The van der Waals surface area contributed by atoms with Gasteiger partial charge in [-0.3, -0.25) is 0 Å². The smallest absolute Gasteiger partial charge is 0.100 e. The van der Waals surface area contributed by atoms with Gasteiger partial charge in [-0.05, 0) is 42.5 Å². The van der Waals surface area contributed by atoms with E-state index in [2.05, 4.69) is 6.07 Å². The Morgan fingerprint density at radius 3 is 2.28 bits per heavy atom. The van der Waals surface area contributed by atoms with E-state index in [-0.39, 0.29) is 0 Å². The third kappa shape index (κ3) is 2.84. The van der Waals surface area contributed by atoms with Gasteiger partial charge in [0.05, 0.1) is 17.2 Å². The lowest BCUT2D eigenvalue weighted by Gasteiger charge is -2.04. The molecule has 0 fully saturated rings. The Labute approximate surface area is 114 Å². The Balaban J connectivity index is 2.32. The van der Waals surface area contributed by atoms with Gasteiger partial charge in [0.1, 0.15) is 6.07 Å². The maximum atomic E-state index is 9.07. The Hall–Kier alpha value is -1.94. The SMILES string of the molecule is N#Cc1ccc(Sc2ccc(Cl)cc2)c(C#N)c1. The van der Waals surface area contributed by atoms with E-state index in [0.29, 0.717) is 16.1 Å². The molecule has 0 spiro atoms. The molecular formula is C14H7ClN2S. The van der Waals surface area contributed by atoms with Crippen molar-refractivity contribution in [2.24, 2.45) is 0 Å². The fourth-order valence-corrected chi connectivity index (χ4v) is 2.41. The molecule has 0 saturated carbocycles. The molecule has 0 aliphatic rings. The molecule has 0 unspecified atom stereocenters. The van der Waals surface area contributed by atoms with E-state index in [0.717, 1.165) is 9.79 Å². The van der Waals surface area contributed by atoms with Gasteiger partial charge in [-0.25, -0.2) is 0 Å². The van der Waals surface area contributed by atoms with Crippen LogP contribution in [0.4, 0.5) is 0 Å². The van der Waals surface area contributed by atoms with Crippen molar-refractivity contribution in [3.05, 3.63) is 58.6 Å². The number of hydrogen-bond acceptors (Lipinski definition) is 3. The first-order chi connectivity index (χ1) is 8.72. The third-order valence-electron chi connectivity index (χ3n) is 2.27. The van der Waals surface area contributed by atoms with Crippen LogP contribution in [0.5, 0.6) is 0 Å². The fourth-order valence-electron chi connectivity index (χ4n) is 1.41. The molecule has 0 atom stereocenters. The first kappa shape index (κ1) is 12.5. The van der Waals surface area contributed by atoms with Crippen LogP contribution in [-0.4, -0.2) is 0 Å². The monoisotopic (exact) mass is 270 g/mol. The normalized spacial score (nSPS) is 9.50. The largest absolute Gasteiger partial charge is 0.192 e. The minimum atomic E-state index is 0.493. The highest BCUT2D eigenvalue weighted by Crippen LogP contribution is 2.31. The third-order valence-corrected chi connectivity index (χ3v) is 3.61. The van der Waals surface area contributed by atoms with Gasteiger partial charge in [0.2, 0.25) is 0 Å². The van der Waals surface area contributed by atoms with E-state index >= 15 is 0 Å². The van der Waals surface area contributed by atoms with Gasteiger partial charge in [-0.1, -0.05) is 23.4 Å². The summed E-state index contributed by atoms with van der Waals surface area (Å²) < 4.78 is 0. The maximum absolute atomic E-state index is 9.07. The lowest BCUT2D eigenvalue weighted by atomic mass is 10.1. The minimum absolute atomic E-state index is 0.493. The van der Waals surface area contributed by atoms with Crippen LogP contribution in [0.3, 0.4) is 0 Å². The zero-order valence-electron chi connectivity index (χ0n) is 9.22. The summed E-state index contributed by atoms with van der Waals surface area (Å²) in [6.45, 7) is 0. The number of benzene rings is 2. The molecule has 0 N–H and O–H groups in total. The molecule has 0 saturated heterocycles. The van der Waals surface area contributed by atoms with Crippen LogP contribution in [0.1, 0.15) is 11.1 Å². The fraction of sp³-hybridized carbons (Fsp3) is 0. The zero-order valence-corrected chi connectivity index (χ0v) is 10.8. The molecule has 2 rings (SSSR count). The topological polar surface area (TPSA) is 47.6 Å². The number of nitriles is 2. The van der Waals surface area contributed by atoms with Crippen molar-refractivity contribution in [2.75, 3.05) is 0 Å². The van der Waals surface area contributed by atoms with Crippen LogP contribution in [0.15, 0.2) is 52.3 Å². The number of nitrogens with zero attached hydrogens (tertiary/aromatic N) is 2. The van der Waals surface area contributed by atoms with E-state index in [9.17, 15) is 0 Å². The van der Waals surface area contributed by atoms with Crippen molar-refractivity contribution >= 4 is 23.4 Å². The zero-order chi connectivity index (χ0) is 13.0. The average molecular weight is 271 g/mol. The molecule has 0 bridgehead atoms. The second kappa shape index (κ2) is 5.60. The molecule has 2 aromatic rings. The molecule has 86 valence electrons. The van der Waals surface area contributed by atoms with Crippen molar-refractivity contribution in [1.82, 2.24) is 0 Å². The van der Waals surface area contributed by atoms with Gasteiger partial charge in [0, 0.05) is 14.8 Å². The van der Waals surface area contributed by atoms with Gasteiger partial charge < -0.3 is 0 Å². The Bertz CT molecular complexity index is 651. The molecule has 0 aliphatic carbocycles. The molecule has 2 aromatic carbocycles. The van der Waals surface area contributed by atoms with Gasteiger partial charge >= 0.3 is 0 Å². The molecule has 0 heterocycles. The van der Waals surface area contributed by atoms with E-state index in [4.69, 9.17) is 22.1 Å². The van der Waals surface area contributed by atoms with Crippen LogP contribution in [0, 0.1) is 22.7 Å². The molecule has 0 aromatic heterocycles. The van der Waals surface area contributed by atoms with Crippen molar-refractivity contribution in [2.45, 2.75) is 9.79 Å². The molecular weight excluding hydrogens is 264 g/mol. The van der Waals surface area contributed by atoms with Crippen molar-refractivity contribution in [3.8, 4) is 12.1 Å². The first-order valence-corrected chi connectivity index (χ1v) is 6.30. The molecule has 4 heteroatoms. The predicted octanol–water partition coefficient (Wildman–Crippen LogP) is 4.23. The second-order valence-corrected chi connectivity index (χ2v) is 5.04. The maximum Gasteiger partial charge on any atom is 0.100 e. The van der Waals surface area contributed by atoms with Gasteiger partial charge in [-0.2, -0.15) is 10.5 Å². The highest BCUT2D eigenvalue weighted by molar-refractivity contribution is 7.99. The van der Waals surface area contributed by atoms with Crippen molar-refractivity contribution in [1.29, 1.82) is 10.5 Å². The van der Waals surface area contributed by atoms with E-state index in [1.165, 1.54) is 11.8 Å². The number of hydrogen-bond donors (Lipinski definition) is 0. The summed E-state index contributed by atoms with van der Waals surface area (Å²) in [6, 6.07) is 16.6. The highest BCUT2D eigenvalue weighted by Gasteiger charge is 2.05. The highest BCUT2D eigenvalue weighted by atomic mass is 35.5. The van der Waals surface area contributed by atoms with Crippen LogP contribution >= 0.6 is 23.4 Å². The summed E-state index contributed by atoms with van der Waals surface area (Å²) >= 11 is 7.29. The van der Waals surface area contributed by atoms with Crippen LogP contribution < -0.4 is 0 Å². The Morgan fingerprint density at radius 1 is 0.944 bits per heavy atom. The van der Waals surface area contributed by atoms with Crippen molar-refractivity contribution in [3.63, 3.8) is 0 Å². The molecule has 0 amide bonds. The Kier molecular flexibility index (Phi) is 3.89. The second-order valence-electron chi connectivity index (χ2n) is 3.49. The number of halogens is 1. The quantitative estimate of drug-likeness (QED) is 0.820. The Morgan fingerprint density at radius 2 is 1.67 bits per heavy atom. The van der Waals surface area contributed by atoms with Crippen LogP contribution in [0.25, 0.3) is 0 Å². The van der Waals surface area contributed by atoms with Gasteiger partial charge in [-0.15, -0.1) is 0 Å². The van der Waals surface area contributed by atoms with Gasteiger partial charge in [0.15, 0.2) is 0 Å². The summed E-state index contributed by atoms with van der Waals surface area (Å²) in [7, 11) is 0. The predicted molar refractivity (Wildman–Crippen MR) is 71.4 cm³/mol. The van der Waals surface area contributed by atoms with E-state index in [1.54, 1.807) is 30.3 Å². The van der Waals surface area contributed by atoms with Crippen LogP contribution in [0.2, 0.25) is 5.02 Å². The summed E-state index contributed by atoms with van der Waals surface area (Å²) in [5.74, 6) is 0. The lowest BCUT2D eigenvalue weighted by Crippen LogP contribution is -1.84. The average Bonchev–Trinajstić information content (AvgIpc) is 2.41. The molecule has 0 aliphatic heterocycles. The van der Waals surface area contributed by atoms with E-state index in [1.807, 2.05) is 18.2 Å². The minimum Gasteiger partial charge on any atom is -0.192 e. The molecule has 2 nitrogen and oxygen atoms in total. The summed E-state index contributed by atoms with van der Waals surface area (Å²) in [6.07, 6.45) is 0. The standard InChI is InChI=1S/C14H7ClN2S/c15-12-2-4-13(5-3-12)18-14-6-1-10(8-16)7-11(14)9-17/h1-7H. The first-order valence-electron chi connectivity index (χ1n) is 5.10. The van der Waals surface area contributed by atoms with Crippen LogP contribution in [-0.2, 0) is 0 Å². The summed E-state index contributed by atoms with van der Waals surface area (Å²) in [5.41, 5.74) is 1.00. The lowest BCUT2D eigenvalue weighted by molar-refractivity contribution is 1.33. The molecule has 18 heavy (non-hydrogen) atoms. The summed E-state index contributed by atoms with van der Waals surface area (Å²) in [5, 5.41) is 18.5. The van der Waals surface area contributed by atoms with E-state index < -0.39 is 0 Å². The number of rotatable bonds is 2.